The van der Waals surface area contributed by atoms with E-state index < -0.39 is 0 Å². The van der Waals surface area contributed by atoms with E-state index in [0.29, 0.717) is 0 Å². The van der Waals surface area contributed by atoms with Crippen molar-refractivity contribution in [3.05, 3.63) is 48.7 Å². The molecule has 2 heterocycles. The average Bonchev–Trinajstić information content (AvgIpc) is 2.92. The van der Waals surface area contributed by atoms with Crippen molar-refractivity contribution in [1.82, 2.24) is 9.38 Å². The lowest BCUT2D eigenvalue weighted by Gasteiger charge is -2.40. The molecule has 4 heteroatoms. The van der Waals surface area contributed by atoms with Crippen LogP contribution in [0, 0.1) is 5.41 Å². The lowest BCUT2D eigenvalue weighted by atomic mass is 9.76. The molecule has 132 valence electrons. The van der Waals surface area contributed by atoms with Gasteiger partial charge >= 0.3 is 0 Å². The topological polar surface area (TPSA) is 38.6 Å². The molecule has 0 radical (unpaired) electrons. The summed E-state index contributed by atoms with van der Waals surface area (Å²) in [5.74, 6) is 1.86. The molecule has 0 fully saturated rings. The third kappa shape index (κ3) is 3.21. The average molecular weight is 337 g/mol. The molecule has 0 spiro atoms. The number of fused-ring (bicyclic) bond motifs is 1. The van der Waals surface area contributed by atoms with Gasteiger partial charge in [0.05, 0.1) is 7.11 Å². The van der Waals surface area contributed by atoms with Gasteiger partial charge in [-0.3, -0.25) is 4.40 Å². The van der Waals surface area contributed by atoms with Gasteiger partial charge in [0.25, 0.3) is 0 Å². The third-order valence-corrected chi connectivity index (χ3v) is 5.20. The molecule has 0 aliphatic rings. The van der Waals surface area contributed by atoms with Crippen LogP contribution in [0.15, 0.2) is 48.7 Å². The van der Waals surface area contributed by atoms with E-state index in [9.17, 15) is 0 Å². The van der Waals surface area contributed by atoms with Crippen molar-refractivity contribution >= 4 is 11.5 Å². The molecule has 0 unspecified atom stereocenters. The van der Waals surface area contributed by atoms with E-state index in [0.717, 1.165) is 28.5 Å². The molecule has 25 heavy (non-hydrogen) atoms. The second-order valence-electron chi connectivity index (χ2n) is 7.97. The van der Waals surface area contributed by atoms with E-state index in [4.69, 9.17) is 9.72 Å². The van der Waals surface area contributed by atoms with Crippen molar-refractivity contribution in [2.45, 2.75) is 40.2 Å². The Bertz CT molecular complexity index is 870. The fourth-order valence-corrected chi connectivity index (χ4v) is 2.55. The molecule has 3 rings (SSSR count). The van der Waals surface area contributed by atoms with E-state index >= 15 is 0 Å². The van der Waals surface area contributed by atoms with Crippen molar-refractivity contribution in [3.8, 4) is 17.0 Å². The minimum Gasteiger partial charge on any atom is -0.497 e. The molecule has 0 bridgehead atoms. The van der Waals surface area contributed by atoms with Crippen LogP contribution in [0.5, 0.6) is 5.75 Å². The highest BCUT2D eigenvalue weighted by atomic mass is 16.5. The summed E-state index contributed by atoms with van der Waals surface area (Å²) in [6.45, 7) is 11.2. The fraction of sp³-hybridized carbons (Fsp3) is 0.381. The van der Waals surface area contributed by atoms with E-state index in [2.05, 4.69) is 62.7 Å². The molecule has 1 aromatic carbocycles. The van der Waals surface area contributed by atoms with Gasteiger partial charge in [-0.1, -0.05) is 26.8 Å². The lowest BCUT2D eigenvalue weighted by molar-refractivity contribution is 0.253. The lowest BCUT2D eigenvalue weighted by Crippen LogP contribution is -2.44. The number of hydrogen-bond acceptors (Lipinski definition) is 3. The molecule has 0 amide bonds. The summed E-state index contributed by atoms with van der Waals surface area (Å²) in [6, 6.07) is 14.1. The van der Waals surface area contributed by atoms with Crippen LogP contribution in [0.4, 0.5) is 5.82 Å². The van der Waals surface area contributed by atoms with E-state index in [1.54, 1.807) is 7.11 Å². The molecule has 0 saturated carbocycles. The fourth-order valence-electron chi connectivity index (χ4n) is 2.55. The normalized spacial score (nSPS) is 12.4. The quantitative estimate of drug-likeness (QED) is 0.707. The first-order valence-corrected chi connectivity index (χ1v) is 8.63. The summed E-state index contributed by atoms with van der Waals surface area (Å²) >= 11 is 0. The Morgan fingerprint density at radius 2 is 1.64 bits per heavy atom. The number of methoxy groups -OCH3 is 1. The molecule has 0 saturated heterocycles. The minimum atomic E-state index is -0.111. The van der Waals surface area contributed by atoms with Crippen LogP contribution in [0.3, 0.4) is 0 Å². The maximum absolute atomic E-state index is 5.28. The van der Waals surface area contributed by atoms with Crippen LogP contribution in [0.1, 0.15) is 34.6 Å². The number of imidazole rings is 1. The molecule has 4 nitrogen and oxygen atoms in total. The summed E-state index contributed by atoms with van der Waals surface area (Å²) in [6.07, 6.45) is 2.05. The van der Waals surface area contributed by atoms with Gasteiger partial charge in [-0.25, -0.2) is 4.98 Å². The maximum atomic E-state index is 5.28. The first-order chi connectivity index (χ1) is 11.7. The smallest absolute Gasteiger partial charge is 0.139 e. The summed E-state index contributed by atoms with van der Waals surface area (Å²) in [4.78, 5) is 4.86. The Balaban J connectivity index is 2.15. The first-order valence-electron chi connectivity index (χ1n) is 8.63. The highest BCUT2D eigenvalue weighted by Crippen LogP contribution is 2.37. The Morgan fingerprint density at radius 3 is 2.24 bits per heavy atom. The van der Waals surface area contributed by atoms with Gasteiger partial charge < -0.3 is 10.1 Å². The largest absolute Gasteiger partial charge is 0.497 e. The van der Waals surface area contributed by atoms with E-state index in [1.807, 2.05) is 30.3 Å². The summed E-state index contributed by atoms with van der Waals surface area (Å²) in [5, 5.41) is 3.75. The number of aromatic nitrogens is 2. The van der Waals surface area contributed by atoms with Crippen molar-refractivity contribution in [3.63, 3.8) is 0 Å². The van der Waals surface area contributed by atoms with E-state index in [-0.39, 0.29) is 11.0 Å². The van der Waals surface area contributed by atoms with Gasteiger partial charge in [-0.05, 0) is 55.7 Å². The monoisotopic (exact) mass is 337 g/mol. The molecule has 2 aromatic heterocycles. The van der Waals surface area contributed by atoms with Gasteiger partial charge in [0.1, 0.15) is 22.9 Å². The second kappa shape index (κ2) is 6.10. The van der Waals surface area contributed by atoms with E-state index in [1.165, 1.54) is 0 Å². The number of benzene rings is 1. The molecular weight excluding hydrogens is 310 g/mol. The van der Waals surface area contributed by atoms with Crippen LogP contribution < -0.4 is 10.1 Å². The SMILES string of the molecule is COc1ccc(-c2nc3ccccn3c2NC(C)(C)C(C)(C)C)cc1. The predicted molar refractivity (Wildman–Crippen MR) is 104 cm³/mol. The highest BCUT2D eigenvalue weighted by molar-refractivity contribution is 5.77. The van der Waals surface area contributed by atoms with Gasteiger partial charge in [0.15, 0.2) is 0 Å². The number of pyridine rings is 1. The highest BCUT2D eigenvalue weighted by Gasteiger charge is 2.34. The van der Waals surface area contributed by atoms with Gasteiger partial charge in [0, 0.05) is 17.3 Å². The standard InChI is InChI=1S/C21H27N3O/c1-20(2,3)21(4,5)23-19-18(15-10-12-16(25-6)13-11-15)22-17-9-7-8-14-24(17)19/h7-14,23H,1-6H3. The number of anilines is 1. The summed E-state index contributed by atoms with van der Waals surface area (Å²) < 4.78 is 7.40. The van der Waals surface area contributed by atoms with Gasteiger partial charge in [0.2, 0.25) is 0 Å². The van der Waals surface area contributed by atoms with Crippen LogP contribution in [-0.4, -0.2) is 22.0 Å². The molecule has 3 aromatic rings. The Labute approximate surface area is 149 Å². The number of hydrogen-bond donors (Lipinski definition) is 1. The van der Waals surface area contributed by atoms with Crippen LogP contribution >= 0.6 is 0 Å². The van der Waals surface area contributed by atoms with Crippen molar-refractivity contribution < 1.29 is 4.74 Å². The number of ether oxygens (including phenoxy) is 1. The molecular formula is C21H27N3O. The molecule has 1 N–H and O–H groups in total. The first kappa shape index (κ1) is 17.3. The summed E-state index contributed by atoms with van der Waals surface area (Å²) in [7, 11) is 1.68. The van der Waals surface area contributed by atoms with Crippen molar-refractivity contribution in [2.75, 3.05) is 12.4 Å². The van der Waals surface area contributed by atoms with Crippen LogP contribution in [0.25, 0.3) is 16.9 Å². The zero-order valence-corrected chi connectivity index (χ0v) is 15.9. The van der Waals surface area contributed by atoms with Gasteiger partial charge in [-0.15, -0.1) is 0 Å². The Hall–Kier alpha value is -2.49. The summed E-state index contributed by atoms with van der Waals surface area (Å²) in [5.41, 5.74) is 2.92. The zero-order valence-electron chi connectivity index (χ0n) is 15.9. The van der Waals surface area contributed by atoms with Crippen molar-refractivity contribution in [2.24, 2.45) is 5.41 Å². The zero-order chi connectivity index (χ0) is 18.2. The minimum absolute atomic E-state index is 0.0864. The Kier molecular flexibility index (Phi) is 4.23. The third-order valence-electron chi connectivity index (χ3n) is 5.20. The maximum Gasteiger partial charge on any atom is 0.139 e. The second-order valence-corrected chi connectivity index (χ2v) is 7.97. The molecule has 0 atom stereocenters. The predicted octanol–water partition coefficient (Wildman–Crippen LogP) is 5.25. The van der Waals surface area contributed by atoms with Crippen LogP contribution in [-0.2, 0) is 0 Å². The Morgan fingerprint density at radius 1 is 0.960 bits per heavy atom. The van der Waals surface area contributed by atoms with Crippen LogP contribution in [0.2, 0.25) is 0 Å². The number of nitrogens with zero attached hydrogens (tertiary/aromatic N) is 2. The molecule has 0 aliphatic heterocycles. The van der Waals surface area contributed by atoms with Crippen molar-refractivity contribution in [1.29, 1.82) is 0 Å². The number of nitrogens with one attached hydrogen (secondary N) is 1. The molecule has 0 aliphatic carbocycles. The number of rotatable bonds is 4. The van der Waals surface area contributed by atoms with Gasteiger partial charge in [-0.2, -0.15) is 0 Å².